The van der Waals surface area contributed by atoms with Gasteiger partial charge in [-0.2, -0.15) is 0 Å². The molecule has 3 aromatic carbocycles. The maximum Gasteiger partial charge on any atom is 0.255 e. The molecule has 4 aromatic rings. The molecule has 0 spiro atoms. The molecule has 2 N–H and O–H groups in total. The Kier molecular flexibility index (Phi) is 7.80. The van der Waals surface area contributed by atoms with Gasteiger partial charge in [0.15, 0.2) is 0 Å². The number of fused-ring (bicyclic) bond motifs is 1. The predicted octanol–water partition coefficient (Wildman–Crippen LogP) is 5.22. The Bertz CT molecular complexity index is 1450. The topological polar surface area (TPSA) is 92.8 Å². The summed E-state index contributed by atoms with van der Waals surface area (Å²) in [6.45, 7) is 3.69. The number of rotatable bonds is 9. The molecule has 1 aliphatic heterocycles. The molecule has 5 rings (SSSR count). The first kappa shape index (κ1) is 25.2. The summed E-state index contributed by atoms with van der Waals surface area (Å²) in [5.41, 5.74) is 2.76. The standard InChI is InChI=1S/C30H30N4O4/c1-37-28-12-10-24(32-29(35)23-9-11-26-21(18-23)7-5-13-31-26)20-27(28)33-30(36)22-6-4-8-25(19-22)38-17-16-34-14-2-3-15-34/h4-13,18-20H,2-3,14-17H2,1H3,(H,32,35)(H,33,36). The molecule has 1 aromatic heterocycles. The molecule has 194 valence electrons. The largest absolute Gasteiger partial charge is 0.495 e. The van der Waals surface area contributed by atoms with Crippen LogP contribution >= 0.6 is 0 Å². The first-order valence-corrected chi connectivity index (χ1v) is 12.7. The van der Waals surface area contributed by atoms with Crippen LogP contribution in [0.4, 0.5) is 11.4 Å². The Balaban J connectivity index is 1.25. The number of nitrogens with zero attached hydrogens (tertiary/aromatic N) is 2. The molecule has 0 saturated carbocycles. The molecule has 0 radical (unpaired) electrons. The highest BCUT2D eigenvalue weighted by molar-refractivity contribution is 6.08. The molecule has 1 fully saturated rings. The second-order valence-corrected chi connectivity index (χ2v) is 9.16. The van der Waals surface area contributed by atoms with Gasteiger partial charge in [0, 0.05) is 34.9 Å². The van der Waals surface area contributed by atoms with Crippen molar-refractivity contribution in [3.05, 3.63) is 90.1 Å². The van der Waals surface area contributed by atoms with E-state index in [0.717, 1.165) is 30.5 Å². The van der Waals surface area contributed by atoms with E-state index in [1.54, 1.807) is 54.7 Å². The van der Waals surface area contributed by atoms with Crippen LogP contribution in [0.3, 0.4) is 0 Å². The normalized spacial score (nSPS) is 13.3. The fraction of sp³-hybridized carbons (Fsp3) is 0.233. The first-order valence-electron chi connectivity index (χ1n) is 12.7. The highest BCUT2D eigenvalue weighted by Crippen LogP contribution is 2.29. The van der Waals surface area contributed by atoms with Gasteiger partial charge in [-0.1, -0.05) is 12.1 Å². The number of nitrogens with one attached hydrogen (secondary N) is 2. The summed E-state index contributed by atoms with van der Waals surface area (Å²) >= 11 is 0. The minimum Gasteiger partial charge on any atom is -0.495 e. The summed E-state index contributed by atoms with van der Waals surface area (Å²) in [4.78, 5) is 32.7. The van der Waals surface area contributed by atoms with Crippen LogP contribution in [0.25, 0.3) is 10.9 Å². The van der Waals surface area contributed by atoms with E-state index in [2.05, 4.69) is 20.5 Å². The number of pyridine rings is 1. The number of ether oxygens (including phenoxy) is 2. The zero-order valence-electron chi connectivity index (χ0n) is 21.3. The highest BCUT2D eigenvalue weighted by Gasteiger charge is 2.15. The molecule has 8 heteroatoms. The molecule has 1 saturated heterocycles. The van der Waals surface area contributed by atoms with Crippen molar-refractivity contribution in [2.45, 2.75) is 12.8 Å². The molecular formula is C30H30N4O4. The summed E-state index contributed by atoms with van der Waals surface area (Å²) in [6, 6.07) is 21.3. The van der Waals surface area contributed by atoms with Crippen LogP contribution in [0.2, 0.25) is 0 Å². The van der Waals surface area contributed by atoms with Crippen LogP contribution in [0.1, 0.15) is 33.6 Å². The third-order valence-corrected chi connectivity index (χ3v) is 6.54. The van der Waals surface area contributed by atoms with E-state index < -0.39 is 0 Å². The van der Waals surface area contributed by atoms with Gasteiger partial charge in [0.2, 0.25) is 0 Å². The zero-order chi connectivity index (χ0) is 26.3. The monoisotopic (exact) mass is 510 g/mol. The van der Waals surface area contributed by atoms with Crippen molar-refractivity contribution in [2.75, 3.05) is 44.0 Å². The molecule has 0 bridgehead atoms. The Morgan fingerprint density at radius 3 is 2.55 bits per heavy atom. The quantitative estimate of drug-likeness (QED) is 0.321. The van der Waals surface area contributed by atoms with Gasteiger partial charge in [-0.05, 0) is 86.6 Å². The number of aromatic nitrogens is 1. The van der Waals surface area contributed by atoms with E-state index in [4.69, 9.17) is 9.47 Å². The maximum absolute atomic E-state index is 13.1. The Hall–Kier alpha value is -4.43. The molecule has 38 heavy (non-hydrogen) atoms. The van der Waals surface area contributed by atoms with E-state index in [-0.39, 0.29) is 11.8 Å². The number of carbonyl (C=O) groups excluding carboxylic acids is 2. The van der Waals surface area contributed by atoms with Gasteiger partial charge in [-0.15, -0.1) is 0 Å². The van der Waals surface area contributed by atoms with Gasteiger partial charge in [-0.3, -0.25) is 19.5 Å². The van der Waals surface area contributed by atoms with Crippen LogP contribution in [0, 0.1) is 0 Å². The molecule has 0 unspecified atom stereocenters. The summed E-state index contributed by atoms with van der Waals surface area (Å²) in [5.74, 6) is 0.553. The average molecular weight is 511 g/mol. The maximum atomic E-state index is 13.1. The van der Waals surface area contributed by atoms with E-state index in [1.165, 1.54) is 20.0 Å². The SMILES string of the molecule is COc1ccc(NC(=O)c2ccc3ncccc3c2)cc1NC(=O)c1cccc(OCCN2CCCC2)c1. The lowest BCUT2D eigenvalue weighted by atomic mass is 10.1. The van der Waals surface area contributed by atoms with Crippen molar-refractivity contribution in [1.82, 2.24) is 9.88 Å². The Morgan fingerprint density at radius 1 is 0.895 bits per heavy atom. The van der Waals surface area contributed by atoms with Gasteiger partial charge >= 0.3 is 0 Å². The molecule has 0 aliphatic carbocycles. The third kappa shape index (κ3) is 6.10. The lowest BCUT2D eigenvalue weighted by molar-refractivity contribution is 0.101. The number of likely N-dealkylation sites (tertiary alicyclic amines) is 1. The van der Waals surface area contributed by atoms with Crippen LogP contribution in [0.15, 0.2) is 79.0 Å². The Labute approximate surface area is 221 Å². The lowest BCUT2D eigenvalue weighted by Gasteiger charge is -2.15. The minimum atomic E-state index is -0.307. The summed E-state index contributed by atoms with van der Waals surface area (Å²) < 4.78 is 11.3. The average Bonchev–Trinajstić information content (AvgIpc) is 3.47. The summed E-state index contributed by atoms with van der Waals surface area (Å²) in [7, 11) is 1.53. The second-order valence-electron chi connectivity index (χ2n) is 9.16. The number of benzene rings is 3. The first-order chi connectivity index (χ1) is 18.6. The van der Waals surface area contributed by atoms with Crippen molar-refractivity contribution in [3.63, 3.8) is 0 Å². The number of anilines is 2. The van der Waals surface area contributed by atoms with Crippen molar-refractivity contribution in [2.24, 2.45) is 0 Å². The highest BCUT2D eigenvalue weighted by atomic mass is 16.5. The fourth-order valence-electron chi connectivity index (χ4n) is 4.52. The summed E-state index contributed by atoms with van der Waals surface area (Å²) in [6.07, 6.45) is 4.20. The van der Waals surface area contributed by atoms with Gasteiger partial charge in [0.1, 0.15) is 18.1 Å². The van der Waals surface area contributed by atoms with Crippen LogP contribution in [-0.4, -0.2) is 55.0 Å². The van der Waals surface area contributed by atoms with E-state index in [1.807, 2.05) is 24.3 Å². The van der Waals surface area contributed by atoms with Gasteiger partial charge in [0.05, 0.1) is 18.3 Å². The number of hydrogen-bond donors (Lipinski definition) is 2. The summed E-state index contributed by atoms with van der Waals surface area (Å²) in [5, 5.41) is 6.67. The zero-order valence-corrected chi connectivity index (χ0v) is 21.3. The molecule has 0 atom stereocenters. The fourth-order valence-corrected chi connectivity index (χ4v) is 4.52. The second kappa shape index (κ2) is 11.7. The molecule has 2 heterocycles. The van der Waals surface area contributed by atoms with Crippen molar-refractivity contribution in [3.8, 4) is 11.5 Å². The minimum absolute atomic E-state index is 0.267. The Morgan fingerprint density at radius 2 is 1.71 bits per heavy atom. The van der Waals surface area contributed by atoms with E-state index >= 15 is 0 Å². The molecule has 1 aliphatic rings. The van der Waals surface area contributed by atoms with Crippen LogP contribution in [-0.2, 0) is 0 Å². The van der Waals surface area contributed by atoms with E-state index in [9.17, 15) is 9.59 Å². The molecule has 2 amide bonds. The van der Waals surface area contributed by atoms with Crippen molar-refractivity contribution < 1.29 is 19.1 Å². The van der Waals surface area contributed by atoms with Gasteiger partial charge in [-0.25, -0.2) is 0 Å². The smallest absolute Gasteiger partial charge is 0.255 e. The van der Waals surface area contributed by atoms with Crippen LogP contribution in [0.5, 0.6) is 11.5 Å². The number of amides is 2. The van der Waals surface area contributed by atoms with Gasteiger partial charge < -0.3 is 20.1 Å². The molecular weight excluding hydrogens is 480 g/mol. The lowest BCUT2D eigenvalue weighted by Crippen LogP contribution is -2.25. The third-order valence-electron chi connectivity index (χ3n) is 6.54. The predicted molar refractivity (Wildman–Crippen MR) is 148 cm³/mol. The van der Waals surface area contributed by atoms with Gasteiger partial charge in [0.25, 0.3) is 11.8 Å². The number of carbonyl (C=O) groups is 2. The molecule has 8 nitrogen and oxygen atoms in total. The van der Waals surface area contributed by atoms with E-state index in [0.29, 0.717) is 40.6 Å². The number of methoxy groups -OCH3 is 1. The number of hydrogen-bond acceptors (Lipinski definition) is 6. The van der Waals surface area contributed by atoms with Crippen molar-refractivity contribution >= 4 is 34.1 Å². The van der Waals surface area contributed by atoms with Crippen LogP contribution < -0.4 is 20.1 Å². The van der Waals surface area contributed by atoms with Crippen molar-refractivity contribution in [1.29, 1.82) is 0 Å².